The van der Waals surface area contributed by atoms with Gasteiger partial charge in [-0.25, -0.2) is 4.79 Å². The Morgan fingerprint density at radius 1 is 1.56 bits per heavy atom. The Balaban J connectivity index is 2.15. The van der Waals surface area contributed by atoms with E-state index in [1.54, 1.807) is 0 Å². The summed E-state index contributed by atoms with van der Waals surface area (Å²) in [5, 5.41) is 5.66. The number of nitrogens with zero attached hydrogens (tertiary/aromatic N) is 1. The van der Waals surface area contributed by atoms with Gasteiger partial charge < -0.3 is 15.4 Å². The summed E-state index contributed by atoms with van der Waals surface area (Å²) >= 11 is 0. The van der Waals surface area contributed by atoms with E-state index in [2.05, 4.69) is 10.6 Å². The Hall–Kier alpha value is -1.14. The van der Waals surface area contributed by atoms with Gasteiger partial charge in [-0.3, -0.25) is 9.69 Å². The van der Waals surface area contributed by atoms with Gasteiger partial charge in [0.1, 0.15) is 0 Å². The Bertz CT molecular complexity index is 242. The van der Waals surface area contributed by atoms with Gasteiger partial charge >= 0.3 is 6.03 Å². The van der Waals surface area contributed by atoms with Gasteiger partial charge in [0.15, 0.2) is 0 Å². The molecule has 0 spiro atoms. The van der Waals surface area contributed by atoms with Gasteiger partial charge in [0.05, 0.1) is 13.2 Å². The molecule has 16 heavy (non-hydrogen) atoms. The zero-order chi connectivity index (χ0) is 12.0. The molecular formula is C10H19N3O3. The summed E-state index contributed by atoms with van der Waals surface area (Å²) in [4.78, 5) is 23.6. The van der Waals surface area contributed by atoms with E-state index in [-0.39, 0.29) is 24.5 Å². The summed E-state index contributed by atoms with van der Waals surface area (Å²) in [6.07, 6.45) is 0. The molecule has 0 aromatic heterocycles. The topological polar surface area (TPSA) is 70.7 Å². The van der Waals surface area contributed by atoms with Crippen LogP contribution in [0.4, 0.5) is 4.79 Å². The lowest BCUT2D eigenvalue weighted by Gasteiger charge is -2.16. The maximum absolute atomic E-state index is 11.2. The lowest BCUT2D eigenvalue weighted by Crippen LogP contribution is -2.40. The standard InChI is InChI=1S/C10H19N3O3/c1-3-16-7-8(2)11-4-5-13-9(14)6-12-10(13)15/h8,11H,3-7H2,1-2H3,(H,12,15). The number of hydrogen-bond donors (Lipinski definition) is 2. The molecule has 1 unspecified atom stereocenters. The molecule has 0 aliphatic carbocycles. The van der Waals surface area contributed by atoms with Crippen LogP contribution in [0.25, 0.3) is 0 Å². The van der Waals surface area contributed by atoms with Crippen molar-refractivity contribution in [3.8, 4) is 0 Å². The van der Waals surface area contributed by atoms with Crippen LogP contribution in [0.15, 0.2) is 0 Å². The summed E-state index contributed by atoms with van der Waals surface area (Å²) in [7, 11) is 0. The number of urea groups is 1. The van der Waals surface area contributed by atoms with Crippen LogP contribution in [0.1, 0.15) is 13.8 Å². The van der Waals surface area contributed by atoms with Gasteiger partial charge in [-0.2, -0.15) is 0 Å². The van der Waals surface area contributed by atoms with Crippen LogP contribution in [-0.4, -0.2) is 55.7 Å². The van der Waals surface area contributed by atoms with Crippen molar-refractivity contribution in [2.45, 2.75) is 19.9 Å². The van der Waals surface area contributed by atoms with Crippen molar-refractivity contribution in [1.82, 2.24) is 15.5 Å². The van der Waals surface area contributed by atoms with Gasteiger partial charge in [0, 0.05) is 25.7 Å². The summed E-state index contributed by atoms with van der Waals surface area (Å²) < 4.78 is 5.24. The Morgan fingerprint density at radius 2 is 2.31 bits per heavy atom. The molecule has 1 heterocycles. The number of amides is 3. The van der Waals surface area contributed by atoms with E-state index in [1.807, 2.05) is 13.8 Å². The quantitative estimate of drug-likeness (QED) is 0.580. The highest BCUT2D eigenvalue weighted by atomic mass is 16.5. The first-order chi connectivity index (χ1) is 7.65. The molecule has 1 aliphatic rings. The van der Waals surface area contributed by atoms with Gasteiger partial charge in [-0.15, -0.1) is 0 Å². The lowest BCUT2D eigenvalue weighted by atomic mass is 10.3. The molecule has 0 bridgehead atoms. The predicted molar refractivity (Wildman–Crippen MR) is 59.1 cm³/mol. The summed E-state index contributed by atoms with van der Waals surface area (Å²) in [6.45, 7) is 6.39. The van der Waals surface area contributed by atoms with Crippen molar-refractivity contribution >= 4 is 11.9 Å². The number of hydrogen-bond acceptors (Lipinski definition) is 4. The first-order valence-corrected chi connectivity index (χ1v) is 5.54. The van der Waals surface area contributed by atoms with Crippen molar-refractivity contribution < 1.29 is 14.3 Å². The van der Waals surface area contributed by atoms with E-state index in [1.165, 1.54) is 4.90 Å². The highest BCUT2D eigenvalue weighted by molar-refractivity contribution is 6.01. The molecule has 0 aromatic carbocycles. The van der Waals surface area contributed by atoms with Crippen LogP contribution in [0.2, 0.25) is 0 Å². The zero-order valence-corrected chi connectivity index (χ0v) is 9.78. The molecule has 2 N–H and O–H groups in total. The maximum atomic E-state index is 11.2. The fraction of sp³-hybridized carbons (Fsp3) is 0.800. The third kappa shape index (κ3) is 3.79. The molecule has 0 aromatic rings. The second-order valence-corrected chi connectivity index (χ2v) is 3.72. The van der Waals surface area contributed by atoms with Crippen LogP contribution in [0.5, 0.6) is 0 Å². The fourth-order valence-corrected chi connectivity index (χ4v) is 1.46. The van der Waals surface area contributed by atoms with E-state index in [0.29, 0.717) is 26.3 Å². The SMILES string of the molecule is CCOCC(C)NCCN1C(=O)CNC1=O. The Kier molecular flexibility index (Phi) is 5.21. The highest BCUT2D eigenvalue weighted by Gasteiger charge is 2.27. The number of carbonyl (C=O) groups is 2. The van der Waals surface area contributed by atoms with Crippen molar-refractivity contribution in [3.05, 3.63) is 0 Å². The molecular weight excluding hydrogens is 210 g/mol. The third-order valence-electron chi connectivity index (χ3n) is 2.34. The molecule has 1 rings (SSSR count). The first kappa shape index (κ1) is 12.9. The molecule has 6 heteroatoms. The van der Waals surface area contributed by atoms with Gasteiger partial charge in [0.25, 0.3) is 0 Å². The molecule has 0 saturated carbocycles. The average molecular weight is 229 g/mol. The van der Waals surface area contributed by atoms with Crippen LogP contribution in [0, 0.1) is 0 Å². The van der Waals surface area contributed by atoms with Crippen LogP contribution >= 0.6 is 0 Å². The summed E-state index contributed by atoms with van der Waals surface area (Å²) in [5.74, 6) is -0.163. The largest absolute Gasteiger partial charge is 0.380 e. The molecule has 1 fully saturated rings. The van der Waals surface area contributed by atoms with Gasteiger partial charge in [-0.05, 0) is 13.8 Å². The molecule has 3 amide bonds. The van der Waals surface area contributed by atoms with Crippen molar-refractivity contribution in [2.75, 3.05) is 32.8 Å². The number of rotatable bonds is 7. The monoisotopic (exact) mass is 229 g/mol. The Labute approximate surface area is 95.3 Å². The number of nitrogens with one attached hydrogen (secondary N) is 2. The molecule has 6 nitrogen and oxygen atoms in total. The highest BCUT2D eigenvalue weighted by Crippen LogP contribution is 1.97. The minimum atomic E-state index is -0.302. The van der Waals surface area contributed by atoms with E-state index < -0.39 is 0 Å². The molecule has 1 aliphatic heterocycles. The van der Waals surface area contributed by atoms with Crippen LogP contribution < -0.4 is 10.6 Å². The zero-order valence-electron chi connectivity index (χ0n) is 9.78. The molecule has 92 valence electrons. The Morgan fingerprint density at radius 3 is 2.88 bits per heavy atom. The smallest absolute Gasteiger partial charge is 0.324 e. The number of ether oxygens (including phenoxy) is 1. The normalized spacial score (nSPS) is 17.8. The summed E-state index contributed by atoms with van der Waals surface area (Å²) in [5.41, 5.74) is 0. The molecule has 0 radical (unpaired) electrons. The maximum Gasteiger partial charge on any atom is 0.324 e. The second-order valence-electron chi connectivity index (χ2n) is 3.72. The van der Waals surface area contributed by atoms with Crippen molar-refractivity contribution in [2.24, 2.45) is 0 Å². The van der Waals surface area contributed by atoms with Gasteiger partial charge in [-0.1, -0.05) is 0 Å². The van der Waals surface area contributed by atoms with E-state index in [0.717, 1.165) is 0 Å². The predicted octanol–water partition coefficient (Wildman–Crippen LogP) is -0.447. The lowest BCUT2D eigenvalue weighted by molar-refractivity contribution is -0.124. The summed E-state index contributed by atoms with van der Waals surface area (Å²) in [6, 6.07) is -0.0787. The van der Waals surface area contributed by atoms with E-state index >= 15 is 0 Å². The second kappa shape index (κ2) is 6.44. The van der Waals surface area contributed by atoms with Gasteiger partial charge in [0.2, 0.25) is 5.91 Å². The molecule has 1 saturated heterocycles. The minimum Gasteiger partial charge on any atom is -0.380 e. The minimum absolute atomic E-state index is 0.118. The fourth-order valence-electron chi connectivity index (χ4n) is 1.46. The average Bonchev–Trinajstić information content (AvgIpc) is 2.57. The van der Waals surface area contributed by atoms with E-state index in [4.69, 9.17) is 4.74 Å². The number of imide groups is 1. The third-order valence-corrected chi connectivity index (χ3v) is 2.34. The van der Waals surface area contributed by atoms with Crippen molar-refractivity contribution in [1.29, 1.82) is 0 Å². The van der Waals surface area contributed by atoms with Crippen LogP contribution in [-0.2, 0) is 9.53 Å². The number of carbonyl (C=O) groups excluding carboxylic acids is 2. The molecule has 1 atom stereocenters. The first-order valence-electron chi connectivity index (χ1n) is 5.54. The van der Waals surface area contributed by atoms with E-state index in [9.17, 15) is 9.59 Å². The van der Waals surface area contributed by atoms with Crippen molar-refractivity contribution in [3.63, 3.8) is 0 Å². The van der Waals surface area contributed by atoms with Crippen LogP contribution in [0.3, 0.4) is 0 Å².